The van der Waals surface area contributed by atoms with Gasteiger partial charge < -0.3 is 10.6 Å². The van der Waals surface area contributed by atoms with Crippen molar-refractivity contribution in [1.82, 2.24) is 5.32 Å². The van der Waals surface area contributed by atoms with Gasteiger partial charge in [0.15, 0.2) is 0 Å². The van der Waals surface area contributed by atoms with E-state index in [4.69, 9.17) is 4.11 Å². The smallest absolute Gasteiger partial charge is 0.349 e. The van der Waals surface area contributed by atoms with Crippen LogP contribution in [0.25, 0.3) is 0 Å². The predicted molar refractivity (Wildman–Crippen MR) is 124 cm³/mol. The van der Waals surface area contributed by atoms with Crippen LogP contribution in [-0.4, -0.2) is 17.9 Å². The number of anilines is 1. The molecule has 0 bridgehead atoms. The summed E-state index contributed by atoms with van der Waals surface area (Å²) in [7, 11) is 0. The van der Waals surface area contributed by atoms with Crippen molar-refractivity contribution in [1.29, 1.82) is 0 Å². The maximum atomic E-state index is 13.9. The summed E-state index contributed by atoms with van der Waals surface area (Å²) in [6.07, 6.45) is -3.42. The molecule has 4 nitrogen and oxygen atoms in total. The van der Waals surface area contributed by atoms with E-state index in [0.29, 0.717) is 19.3 Å². The van der Waals surface area contributed by atoms with Crippen molar-refractivity contribution in [2.45, 2.75) is 70.8 Å². The predicted octanol–water partition coefficient (Wildman–Crippen LogP) is 6.58. The van der Waals surface area contributed by atoms with E-state index >= 15 is 0 Å². The van der Waals surface area contributed by atoms with E-state index in [9.17, 15) is 35.9 Å². The minimum Gasteiger partial charge on any atom is -0.349 e. The van der Waals surface area contributed by atoms with Crippen molar-refractivity contribution in [2.24, 2.45) is 34.5 Å². The van der Waals surface area contributed by atoms with Crippen LogP contribution in [-0.2, 0) is 21.9 Å². The summed E-state index contributed by atoms with van der Waals surface area (Å²) in [5.41, 5.74) is -6.24. The largest absolute Gasteiger partial charge is 0.418 e. The van der Waals surface area contributed by atoms with Crippen molar-refractivity contribution in [2.75, 3.05) is 5.32 Å². The van der Waals surface area contributed by atoms with Crippen LogP contribution in [0.1, 0.15) is 67.6 Å². The van der Waals surface area contributed by atoms with Crippen molar-refractivity contribution >= 4 is 17.5 Å². The van der Waals surface area contributed by atoms with Gasteiger partial charge in [-0.05, 0) is 85.9 Å². The second-order valence-corrected chi connectivity index (χ2v) is 11.4. The van der Waals surface area contributed by atoms with Crippen molar-refractivity contribution in [3.63, 3.8) is 0 Å². The molecule has 0 saturated heterocycles. The van der Waals surface area contributed by atoms with Crippen LogP contribution < -0.4 is 10.6 Å². The minimum atomic E-state index is -5.37. The Labute approximate surface area is 215 Å². The molecule has 3 fully saturated rings. The Kier molecular flexibility index (Phi) is 5.16. The lowest BCUT2D eigenvalue weighted by atomic mass is 9.48. The second kappa shape index (κ2) is 8.50. The number of hydrogen-bond acceptors (Lipinski definition) is 2. The molecule has 2 N–H and O–H groups in total. The summed E-state index contributed by atoms with van der Waals surface area (Å²) in [6.45, 7) is 4.03. The highest BCUT2D eigenvalue weighted by Gasteiger charge is 2.61. The molecule has 0 aromatic heterocycles. The topological polar surface area (TPSA) is 58.2 Å². The SMILES string of the molecule is [2H]c1c([2H])c(C(F)(F)F)c(NC(=O)[C@H]2CC[C@H]3[C@@H]4CC[C@H]5NC(=O)C=C[C@]5(C)[C@H]4CC[C@]23C)c([2H])c1C(F)(F)F. The van der Waals surface area contributed by atoms with Crippen LogP contribution >= 0.6 is 0 Å². The first-order chi connectivity index (χ1) is 18.4. The van der Waals surface area contributed by atoms with Crippen molar-refractivity contribution < 1.29 is 40.0 Å². The van der Waals surface area contributed by atoms with Crippen molar-refractivity contribution in [3.8, 4) is 0 Å². The summed E-state index contributed by atoms with van der Waals surface area (Å²) in [6, 6.07) is -5.17. The van der Waals surface area contributed by atoms with E-state index in [-0.39, 0.29) is 35.1 Å². The Morgan fingerprint density at radius 1 is 1.03 bits per heavy atom. The van der Waals surface area contributed by atoms with Gasteiger partial charge in [0.25, 0.3) is 0 Å². The molecule has 37 heavy (non-hydrogen) atoms. The van der Waals surface area contributed by atoms with Gasteiger partial charge in [0, 0.05) is 17.4 Å². The van der Waals surface area contributed by atoms with Crippen LogP contribution in [0.15, 0.2) is 30.3 Å². The van der Waals surface area contributed by atoms with Gasteiger partial charge in [0.05, 0.1) is 20.9 Å². The van der Waals surface area contributed by atoms with Gasteiger partial charge in [-0.2, -0.15) is 26.3 Å². The Bertz CT molecular complexity index is 1300. The van der Waals surface area contributed by atoms with Crippen LogP contribution in [0, 0.1) is 34.5 Å². The standard InChI is InChI=1S/C27H30F6N2O2/c1-24-11-9-17-15(4-8-21-25(17,2)12-10-22(36)35-21)16(24)6-7-19(24)23(37)34-20-13-14(26(28,29)30)3-5-18(20)27(31,32)33/h3,5,10,12-13,15-17,19,21H,4,6-9,11H2,1-2H3,(H,34,37)(H,35,36)/t15-,16-,17-,19+,21+,24-,25+/m0/s1/i3D,5D,13D. The number of carbonyl (C=O) groups excluding carboxylic acids is 2. The zero-order valence-corrected chi connectivity index (χ0v) is 20.4. The molecule has 7 atom stereocenters. The van der Waals surface area contributed by atoms with Crippen LogP contribution in [0.4, 0.5) is 32.0 Å². The van der Waals surface area contributed by atoms with Crippen molar-refractivity contribution in [3.05, 3.63) is 41.4 Å². The molecule has 1 aromatic rings. The fourth-order valence-corrected chi connectivity index (χ4v) is 7.83. The Morgan fingerprint density at radius 2 is 1.76 bits per heavy atom. The molecule has 5 rings (SSSR count). The van der Waals surface area contributed by atoms with E-state index in [2.05, 4.69) is 12.2 Å². The number of rotatable bonds is 2. The first-order valence-electron chi connectivity index (χ1n) is 14.0. The fraction of sp³-hybridized carbons (Fsp3) is 0.630. The zero-order chi connectivity index (χ0) is 29.6. The quantitative estimate of drug-likeness (QED) is 0.424. The first kappa shape index (κ1) is 22.5. The van der Waals surface area contributed by atoms with Gasteiger partial charge in [0.2, 0.25) is 11.8 Å². The molecule has 202 valence electrons. The number of fused-ring (bicyclic) bond motifs is 5. The number of carbonyl (C=O) groups is 2. The average molecular weight is 532 g/mol. The highest BCUT2D eigenvalue weighted by Crippen LogP contribution is 2.65. The zero-order valence-electron chi connectivity index (χ0n) is 23.4. The normalized spacial score (nSPS) is 38.4. The van der Waals surface area contributed by atoms with Gasteiger partial charge in [-0.15, -0.1) is 0 Å². The first-order valence-corrected chi connectivity index (χ1v) is 12.5. The average Bonchev–Trinajstić information content (AvgIpc) is 3.18. The molecule has 4 aliphatic rings. The molecule has 0 unspecified atom stereocenters. The second-order valence-electron chi connectivity index (χ2n) is 11.4. The Balaban J connectivity index is 1.47. The lowest BCUT2D eigenvalue weighted by Gasteiger charge is -2.58. The van der Waals surface area contributed by atoms with Gasteiger partial charge in [0.1, 0.15) is 0 Å². The number of alkyl halides is 6. The molecule has 1 heterocycles. The van der Waals surface area contributed by atoms with Gasteiger partial charge >= 0.3 is 12.4 Å². The fourth-order valence-electron chi connectivity index (χ4n) is 7.83. The molecule has 0 spiro atoms. The molecular formula is C27H30F6N2O2. The third-order valence-corrected chi connectivity index (χ3v) is 9.63. The number of hydrogen-bond donors (Lipinski definition) is 2. The van der Waals surface area contributed by atoms with E-state index in [1.165, 1.54) is 0 Å². The molecule has 0 radical (unpaired) electrons. The summed E-state index contributed by atoms with van der Waals surface area (Å²) in [5.74, 6) is -1.35. The summed E-state index contributed by atoms with van der Waals surface area (Å²) in [5, 5.41) is 5.04. The van der Waals surface area contributed by atoms with E-state index < -0.39 is 64.5 Å². The highest BCUT2D eigenvalue weighted by molar-refractivity contribution is 5.94. The molecule has 3 saturated carbocycles. The van der Waals surface area contributed by atoms with Gasteiger partial charge in [-0.25, -0.2) is 0 Å². The minimum absolute atomic E-state index is 0.00530. The molecular weight excluding hydrogens is 498 g/mol. The molecule has 1 aliphatic heterocycles. The van der Waals surface area contributed by atoms with E-state index in [1.54, 1.807) is 6.08 Å². The number of benzene rings is 1. The molecule has 3 aliphatic carbocycles. The Hall–Kier alpha value is -2.52. The maximum Gasteiger partial charge on any atom is 0.418 e. The number of nitrogens with one attached hydrogen (secondary N) is 2. The number of halogens is 6. The molecule has 10 heteroatoms. The number of amides is 2. The van der Waals surface area contributed by atoms with Gasteiger partial charge in [-0.3, -0.25) is 9.59 Å². The van der Waals surface area contributed by atoms with E-state index in [1.807, 2.05) is 18.3 Å². The third-order valence-electron chi connectivity index (χ3n) is 9.63. The third kappa shape index (κ3) is 4.24. The molecule has 1 aromatic carbocycles. The van der Waals surface area contributed by atoms with E-state index in [0.717, 1.165) is 19.3 Å². The highest BCUT2D eigenvalue weighted by atomic mass is 19.4. The summed E-state index contributed by atoms with van der Waals surface area (Å²) >= 11 is 0. The lowest BCUT2D eigenvalue weighted by Crippen LogP contribution is -2.59. The van der Waals surface area contributed by atoms with Crippen LogP contribution in [0.2, 0.25) is 0 Å². The monoisotopic (exact) mass is 531 g/mol. The van der Waals surface area contributed by atoms with Gasteiger partial charge in [-0.1, -0.05) is 19.9 Å². The Morgan fingerprint density at radius 3 is 2.43 bits per heavy atom. The lowest BCUT2D eigenvalue weighted by molar-refractivity contribution is -0.141. The summed E-state index contributed by atoms with van der Waals surface area (Å²) < 4.78 is 106. The molecule has 2 amide bonds. The summed E-state index contributed by atoms with van der Waals surface area (Å²) in [4.78, 5) is 25.5. The maximum absolute atomic E-state index is 13.9. The van der Waals surface area contributed by atoms with Crippen LogP contribution in [0.5, 0.6) is 0 Å². The van der Waals surface area contributed by atoms with Crippen LogP contribution in [0.3, 0.4) is 0 Å².